The van der Waals surface area contributed by atoms with Crippen molar-refractivity contribution in [3.8, 4) is 11.5 Å². The average Bonchev–Trinajstić information content (AvgIpc) is 3.14. The maximum atomic E-state index is 12.9. The third-order valence-corrected chi connectivity index (χ3v) is 4.93. The van der Waals surface area contributed by atoms with Crippen LogP contribution in [0.25, 0.3) is 17.0 Å². The molecule has 0 aliphatic heterocycles. The molecular weight excluding hydrogens is 404 g/mol. The number of furan rings is 1. The molecule has 0 atom stereocenters. The van der Waals surface area contributed by atoms with Crippen LogP contribution < -0.4 is 9.47 Å². The number of rotatable bonds is 7. The van der Waals surface area contributed by atoms with Gasteiger partial charge in [0.05, 0.1) is 6.61 Å². The van der Waals surface area contributed by atoms with E-state index in [2.05, 4.69) is 0 Å². The minimum atomic E-state index is -0.502. The largest absolute Gasteiger partial charge is 0.494 e. The zero-order chi connectivity index (χ0) is 22.5. The van der Waals surface area contributed by atoms with E-state index in [4.69, 9.17) is 13.9 Å². The Morgan fingerprint density at radius 2 is 1.66 bits per heavy atom. The zero-order valence-electron chi connectivity index (χ0n) is 17.8. The van der Waals surface area contributed by atoms with Crippen molar-refractivity contribution >= 4 is 28.8 Å². The lowest BCUT2D eigenvalue weighted by Gasteiger charge is -2.05. The number of aryl methyl sites for hydroxylation is 1. The van der Waals surface area contributed by atoms with Gasteiger partial charge in [0.25, 0.3) is 0 Å². The van der Waals surface area contributed by atoms with Gasteiger partial charge < -0.3 is 13.9 Å². The van der Waals surface area contributed by atoms with E-state index in [1.54, 1.807) is 67.6 Å². The van der Waals surface area contributed by atoms with Crippen molar-refractivity contribution < 1.29 is 23.5 Å². The molecule has 1 heterocycles. The normalized spacial score (nSPS) is 11.1. The Morgan fingerprint density at radius 1 is 0.938 bits per heavy atom. The van der Waals surface area contributed by atoms with E-state index in [-0.39, 0.29) is 5.78 Å². The first-order valence-electron chi connectivity index (χ1n) is 10.3. The predicted molar refractivity (Wildman–Crippen MR) is 123 cm³/mol. The van der Waals surface area contributed by atoms with Gasteiger partial charge in [-0.3, -0.25) is 4.79 Å². The summed E-state index contributed by atoms with van der Waals surface area (Å²) < 4.78 is 16.8. The Balaban J connectivity index is 1.48. The molecule has 0 saturated carbocycles. The van der Waals surface area contributed by atoms with E-state index < -0.39 is 5.97 Å². The van der Waals surface area contributed by atoms with E-state index >= 15 is 0 Å². The number of benzene rings is 3. The van der Waals surface area contributed by atoms with Crippen LogP contribution in [0.3, 0.4) is 0 Å². The Hall–Kier alpha value is -4.12. The highest BCUT2D eigenvalue weighted by molar-refractivity contribution is 6.07. The molecule has 0 saturated heterocycles. The SMILES string of the molecule is CCOc1ccc2oc(C)c(C(=O)Oc3ccc(/C=C/C(=O)c4ccccc4)cc3)c2c1. The Kier molecular flexibility index (Phi) is 6.17. The summed E-state index contributed by atoms with van der Waals surface area (Å²) in [4.78, 5) is 25.0. The van der Waals surface area contributed by atoms with E-state index in [9.17, 15) is 9.59 Å². The summed E-state index contributed by atoms with van der Waals surface area (Å²) in [6.45, 7) is 4.16. The van der Waals surface area contributed by atoms with Gasteiger partial charge in [0.1, 0.15) is 28.4 Å². The third-order valence-electron chi connectivity index (χ3n) is 4.93. The van der Waals surface area contributed by atoms with Crippen LogP contribution >= 0.6 is 0 Å². The average molecular weight is 426 g/mol. The van der Waals surface area contributed by atoms with Gasteiger partial charge in [-0.2, -0.15) is 0 Å². The summed E-state index contributed by atoms with van der Waals surface area (Å²) >= 11 is 0. The van der Waals surface area contributed by atoms with Crippen molar-refractivity contribution in [1.29, 1.82) is 0 Å². The molecule has 0 bridgehead atoms. The Morgan fingerprint density at radius 3 is 2.38 bits per heavy atom. The number of ketones is 1. The van der Waals surface area contributed by atoms with Crippen LogP contribution in [0.4, 0.5) is 0 Å². The zero-order valence-corrected chi connectivity index (χ0v) is 17.8. The minimum Gasteiger partial charge on any atom is -0.494 e. The predicted octanol–water partition coefficient (Wildman–Crippen LogP) is 6.26. The quantitative estimate of drug-likeness (QED) is 0.151. The van der Waals surface area contributed by atoms with Crippen LogP contribution in [0.15, 0.2) is 83.3 Å². The van der Waals surface area contributed by atoms with Crippen LogP contribution in [0.5, 0.6) is 11.5 Å². The van der Waals surface area contributed by atoms with E-state index in [0.29, 0.717) is 46.0 Å². The lowest BCUT2D eigenvalue weighted by atomic mass is 10.1. The number of carbonyl (C=O) groups is 2. The fraction of sp³-hybridized carbons (Fsp3) is 0.111. The standard InChI is InChI=1S/C27H22O5/c1-3-30-22-14-16-25-23(17-22)26(18(2)31-25)27(29)32-21-12-9-19(10-13-21)11-15-24(28)20-7-5-4-6-8-20/h4-17H,3H2,1-2H3/b15-11+. The van der Waals surface area contributed by atoms with Crippen molar-refractivity contribution in [2.45, 2.75) is 13.8 Å². The van der Waals surface area contributed by atoms with Gasteiger partial charge in [-0.15, -0.1) is 0 Å². The van der Waals surface area contributed by atoms with Crippen molar-refractivity contribution in [2.75, 3.05) is 6.61 Å². The molecule has 0 fully saturated rings. The minimum absolute atomic E-state index is 0.0742. The highest BCUT2D eigenvalue weighted by Gasteiger charge is 2.21. The molecule has 3 aromatic carbocycles. The fourth-order valence-electron chi connectivity index (χ4n) is 3.38. The molecule has 4 rings (SSSR count). The summed E-state index contributed by atoms with van der Waals surface area (Å²) in [7, 11) is 0. The molecule has 0 radical (unpaired) electrons. The van der Waals surface area contributed by atoms with Crippen molar-refractivity contribution in [3.05, 3.63) is 101 Å². The maximum absolute atomic E-state index is 12.9. The van der Waals surface area contributed by atoms with Crippen LogP contribution in [0.1, 0.15) is 39.0 Å². The van der Waals surface area contributed by atoms with E-state index in [1.165, 1.54) is 6.08 Å². The second kappa shape index (κ2) is 9.35. The molecule has 0 spiro atoms. The number of hydrogen-bond donors (Lipinski definition) is 0. The molecule has 5 nitrogen and oxygen atoms in total. The first kappa shape index (κ1) is 21.1. The van der Waals surface area contributed by atoms with Crippen LogP contribution in [-0.2, 0) is 0 Å². The van der Waals surface area contributed by atoms with Gasteiger partial charge >= 0.3 is 5.97 Å². The lowest BCUT2D eigenvalue weighted by Crippen LogP contribution is -2.09. The molecule has 1 aromatic heterocycles. The second-order valence-electron chi connectivity index (χ2n) is 7.15. The third kappa shape index (κ3) is 4.62. The number of esters is 1. The highest BCUT2D eigenvalue weighted by atomic mass is 16.5. The van der Waals surface area contributed by atoms with Crippen LogP contribution in [0, 0.1) is 6.92 Å². The molecule has 0 aliphatic rings. The number of fused-ring (bicyclic) bond motifs is 1. The fourth-order valence-corrected chi connectivity index (χ4v) is 3.38. The van der Waals surface area contributed by atoms with Gasteiger partial charge in [0.15, 0.2) is 5.78 Å². The summed E-state index contributed by atoms with van der Waals surface area (Å²) in [5, 5.41) is 0.650. The smallest absolute Gasteiger partial charge is 0.347 e. The molecular formula is C27H22O5. The summed E-state index contributed by atoms with van der Waals surface area (Å²) in [5.74, 6) is 0.970. The molecule has 5 heteroatoms. The van der Waals surface area contributed by atoms with Gasteiger partial charge in [0.2, 0.25) is 0 Å². The van der Waals surface area contributed by atoms with Crippen molar-refractivity contribution in [1.82, 2.24) is 0 Å². The van der Waals surface area contributed by atoms with Crippen LogP contribution in [0.2, 0.25) is 0 Å². The highest BCUT2D eigenvalue weighted by Crippen LogP contribution is 2.30. The van der Waals surface area contributed by atoms with E-state index in [0.717, 1.165) is 5.56 Å². The number of carbonyl (C=O) groups excluding carboxylic acids is 2. The molecule has 4 aromatic rings. The Labute approximate surface area is 185 Å². The molecule has 0 amide bonds. The summed E-state index contributed by atoms with van der Waals surface area (Å²) in [6.07, 6.45) is 3.25. The van der Waals surface area contributed by atoms with Gasteiger partial charge in [-0.1, -0.05) is 48.5 Å². The molecule has 160 valence electrons. The van der Waals surface area contributed by atoms with Crippen LogP contribution in [-0.4, -0.2) is 18.4 Å². The Bertz CT molecular complexity index is 1280. The van der Waals surface area contributed by atoms with Gasteiger partial charge in [0, 0.05) is 10.9 Å². The lowest BCUT2D eigenvalue weighted by molar-refractivity contribution is 0.0734. The molecule has 32 heavy (non-hydrogen) atoms. The van der Waals surface area contributed by atoms with Crippen molar-refractivity contribution in [3.63, 3.8) is 0 Å². The van der Waals surface area contributed by atoms with Gasteiger partial charge in [-0.05, 0) is 55.8 Å². The molecule has 0 unspecified atom stereocenters. The number of allylic oxidation sites excluding steroid dienone is 1. The summed E-state index contributed by atoms with van der Waals surface area (Å²) in [5.41, 5.74) is 2.42. The van der Waals surface area contributed by atoms with Crippen molar-refractivity contribution in [2.24, 2.45) is 0 Å². The monoisotopic (exact) mass is 426 g/mol. The maximum Gasteiger partial charge on any atom is 0.347 e. The molecule has 0 N–H and O–H groups in total. The summed E-state index contributed by atoms with van der Waals surface area (Å²) in [6, 6.07) is 21.4. The number of ether oxygens (including phenoxy) is 2. The molecule has 0 aliphatic carbocycles. The first-order chi connectivity index (χ1) is 15.5. The van der Waals surface area contributed by atoms with E-state index in [1.807, 2.05) is 25.1 Å². The number of hydrogen-bond acceptors (Lipinski definition) is 5. The second-order valence-corrected chi connectivity index (χ2v) is 7.15. The van der Waals surface area contributed by atoms with Gasteiger partial charge in [-0.25, -0.2) is 4.79 Å². The first-order valence-corrected chi connectivity index (χ1v) is 10.3. The topological polar surface area (TPSA) is 65.7 Å².